The lowest BCUT2D eigenvalue weighted by molar-refractivity contribution is -0.137. The van der Waals surface area contributed by atoms with Crippen LogP contribution in [0.4, 0.5) is 13.2 Å². The molecule has 1 aromatic rings. The van der Waals surface area contributed by atoms with Crippen LogP contribution in [0, 0.1) is 5.92 Å². The van der Waals surface area contributed by atoms with Crippen LogP contribution in [0.25, 0.3) is 0 Å². The minimum atomic E-state index is -4.25. The molecule has 1 saturated heterocycles. The van der Waals surface area contributed by atoms with E-state index in [1.807, 2.05) is 0 Å². The molecule has 1 aliphatic heterocycles. The van der Waals surface area contributed by atoms with Gasteiger partial charge in [0, 0.05) is 5.54 Å². The summed E-state index contributed by atoms with van der Waals surface area (Å²) in [5.74, 6) is 0.480. The van der Waals surface area contributed by atoms with Crippen molar-refractivity contribution in [3.05, 3.63) is 35.4 Å². The normalized spacial score (nSPS) is 24.1. The van der Waals surface area contributed by atoms with Crippen LogP contribution in [-0.2, 0) is 12.6 Å². The lowest BCUT2D eigenvalue weighted by Crippen LogP contribution is -2.61. The molecule has 1 fully saturated rings. The molecule has 1 nitrogen and oxygen atoms in total. The van der Waals surface area contributed by atoms with Gasteiger partial charge in [-0.2, -0.15) is 13.2 Å². The van der Waals surface area contributed by atoms with Gasteiger partial charge in [0.05, 0.1) is 5.56 Å². The van der Waals surface area contributed by atoms with E-state index in [9.17, 15) is 13.2 Å². The molecule has 0 spiro atoms. The topological polar surface area (TPSA) is 12.0 Å². The Morgan fingerprint density at radius 3 is 2.11 bits per heavy atom. The average Bonchev–Trinajstić information content (AvgIpc) is 2.22. The largest absolute Gasteiger partial charge is 0.416 e. The van der Waals surface area contributed by atoms with Gasteiger partial charge in [-0.1, -0.05) is 26.0 Å². The molecule has 1 unspecified atom stereocenters. The Bertz CT molecular complexity index is 402. The second kappa shape index (κ2) is 4.57. The van der Waals surface area contributed by atoms with Crippen molar-refractivity contribution in [2.24, 2.45) is 5.92 Å². The van der Waals surface area contributed by atoms with Gasteiger partial charge in [-0.25, -0.2) is 0 Å². The maximum absolute atomic E-state index is 12.5. The molecule has 0 amide bonds. The summed E-state index contributed by atoms with van der Waals surface area (Å²) in [4.78, 5) is 0. The molecule has 0 saturated carbocycles. The van der Waals surface area contributed by atoms with E-state index < -0.39 is 11.7 Å². The molecule has 100 valence electrons. The highest BCUT2D eigenvalue weighted by Gasteiger charge is 2.39. The third-order valence-electron chi connectivity index (χ3n) is 3.95. The van der Waals surface area contributed by atoms with Crippen molar-refractivity contribution < 1.29 is 13.2 Å². The lowest BCUT2D eigenvalue weighted by atomic mass is 9.73. The van der Waals surface area contributed by atoms with Gasteiger partial charge < -0.3 is 5.32 Å². The monoisotopic (exact) mass is 257 g/mol. The number of benzene rings is 1. The molecule has 0 radical (unpaired) electrons. The minimum absolute atomic E-state index is 0.0692. The zero-order valence-electron chi connectivity index (χ0n) is 10.6. The fourth-order valence-electron chi connectivity index (χ4n) is 2.47. The third kappa shape index (κ3) is 2.53. The van der Waals surface area contributed by atoms with Crippen molar-refractivity contribution in [3.63, 3.8) is 0 Å². The predicted octanol–water partition coefficient (Wildman–Crippen LogP) is 3.64. The highest BCUT2D eigenvalue weighted by Crippen LogP contribution is 2.33. The fourth-order valence-corrected chi connectivity index (χ4v) is 2.47. The highest BCUT2D eigenvalue weighted by atomic mass is 19.4. The van der Waals surface area contributed by atoms with Crippen molar-refractivity contribution in [3.8, 4) is 0 Å². The van der Waals surface area contributed by atoms with Crippen LogP contribution in [0.3, 0.4) is 0 Å². The number of halogens is 3. The molecule has 1 aliphatic rings. The summed E-state index contributed by atoms with van der Waals surface area (Å²) in [6.07, 6.45) is -2.36. The van der Waals surface area contributed by atoms with Gasteiger partial charge in [0.25, 0.3) is 0 Å². The van der Waals surface area contributed by atoms with E-state index in [1.165, 1.54) is 12.1 Å². The number of nitrogens with one attached hydrogen (secondary N) is 1. The fraction of sp³-hybridized carbons (Fsp3) is 0.571. The molecule has 1 atom stereocenters. The molecule has 2 rings (SSSR count). The van der Waals surface area contributed by atoms with E-state index in [-0.39, 0.29) is 5.54 Å². The summed E-state index contributed by atoms with van der Waals surface area (Å²) in [5, 5.41) is 3.43. The van der Waals surface area contributed by atoms with Gasteiger partial charge in [0.1, 0.15) is 0 Å². The van der Waals surface area contributed by atoms with Crippen molar-refractivity contribution in [1.29, 1.82) is 0 Å². The van der Waals surface area contributed by atoms with Crippen LogP contribution in [0.2, 0.25) is 0 Å². The lowest BCUT2D eigenvalue weighted by Gasteiger charge is -2.47. The quantitative estimate of drug-likeness (QED) is 0.871. The Kier molecular flexibility index (Phi) is 3.41. The van der Waals surface area contributed by atoms with Gasteiger partial charge in [0.15, 0.2) is 0 Å². The highest BCUT2D eigenvalue weighted by molar-refractivity contribution is 5.27. The van der Waals surface area contributed by atoms with Crippen LogP contribution in [0.15, 0.2) is 24.3 Å². The smallest absolute Gasteiger partial charge is 0.311 e. The maximum Gasteiger partial charge on any atom is 0.416 e. The van der Waals surface area contributed by atoms with E-state index in [4.69, 9.17) is 0 Å². The molecule has 1 aromatic carbocycles. The summed E-state index contributed by atoms with van der Waals surface area (Å²) in [6, 6.07) is 5.52. The van der Waals surface area contributed by atoms with E-state index >= 15 is 0 Å². The molecule has 1 N–H and O–H groups in total. The molecule has 0 bridgehead atoms. The maximum atomic E-state index is 12.5. The van der Waals surface area contributed by atoms with Gasteiger partial charge >= 0.3 is 6.18 Å². The van der Waals surface area contributed by atoms with Gasteiger partial charge in [-0.05, 0) is 43.0 Å². The molecular formula is C14H18F3N. The Labute approximate surface area is 105 Å². The summed E-state index contributed by atoms with van der Waals surface area (Å²) in [5.41, 5.74) is 0.454. The zero-order chi connectivity index (χ0) is 13.4. The van der Waals surface area contributed by atoms with Crippen molar-refractivity contribution >= 4 is 0 Å². The van der Waals surface area contributed by atoms with Crippen molar-refractivity contribution in [2.45, 2.75) is 38.4 Å². The van der Waals surface area contributed by atoms with Crippen LogP contribution in [-0.4, -0.2) is 12.1 Å². The summed E-state index contributed by atoms with van der Waals surface area (Å²) in [6.45, 7) is 5.30. The Balaban J connectivity index is 2.11. The summed E-state index contributed by atoms with van der Waals surface area (Å²) in [7, 11) is 0. The first-order valence-electron chi connectivity index (χ1n) is 6.25. The Morgan fingerprint density at radius 2 is 1.78 bits per heavy atom. The summed E-state index contributed by atoms with van der Waals surface area (Å²) < 4.78 is 37.4. The number of alkyl halides is 3. The molecule has 0 aliphatic carbocycles. The van der Waals surface area contributed by atoms with E-state index in [0.29, 0.717) is 5.92 Å². The SMILES string of the molecule is CC(C)C1(Cc2ccc(C(F)(F)F)cc2)CCN1. The van der Waals surface area contributed by atoms with Crippen LogP contribution in [0.5, 0.6) is 0 Å². The molecule has 18 heavy (non-hydrogen) atoms. The van der Waals surface area contributed by atoms with Crippen LogP contribution in [0.1, 0.15) is 31.4 Å². The minimum Gasteiger partial charge on any atom is -0.311 e. The average molecular weight is 257 g/mol. The Hall–Kier alpha value is -1.03. The standard InChI is InChI=1S/C14H18F3N/c1-10(2)13(7-8-18-13)9-11-3-5-12(6-4-11)14(15,16)17/h3-6,10,18H,7-9H2,1-2H3. The predicted molar refractivity (Wildman–Crippen MR) is 65.3 cm³/mol. The van der Waals surface area contributed by atoms with Crippen molar-refractivity contribution in [1.82, 2.24) is 5.32 Å². The first-order valence-corrected chi connectivity index (χ1v) is 6.25. The van der Waals surface area contributed by atoms with Gasteiger partial charge in [0.2, 0.25) is 0 Å². The second-order valence-electron chi connectivity index (χ2n) is 5.36. The van der Waals surface area contributed by atoms with Crippen LogP contribution < -0.4 is 5.32 Å². The second-order valence-corrected chi connectivity index (χ2v) is 5.36. The third-order valence-corrected chi connectivity index (χ3v) is 3.95. The number of hydrogen-bond acceptors (Lipinski definition) is 1. The summed E-state index contributed by atoms with van der Waals surface area (Å²) >= 11 is 0. The van der Waals surface area contributed by atoms with Crippen molar-refractivity contribution in [2.75, 3.05) is 6.54 Å². The Morgan fingerprint density at radius 1 is 1.22 bits per heavy atom. The molecule has 0 aromatic heterocycles. The molecule has 4 heteroatoms. The first kappa shape index (κ1) is 13.4. The molecular weight excluding hydrogens is 239 g/mol. The van der Waals surface area contributed by atoms with Gasteiger partial charge in [-0.3, -0.25) is 0 Å². The van der Waals surface area contributed by atoms with E-state index in [2.05, 4.69) is 19.2 Å². The van der Waals surface area contributed by atoms with E-state index in [0.717, 1.165) is 24.9 Å². The van der Waals surface area contributed by atoms with E-state index in [1.54, 1.807) is 12.1 Å². The number of hydrogen-bond donors (Lipinski definition) is 1. The zero-order valence-corrected chi connectivity index (χ0v) is 10.6. The first-order chi connectivity index (χ1) is 8.33. The van der Waals surface area contributed by atoms with Gasteiger partial charge in [-0.15, -0.1) is 0 Å². The molecule has 1 heterocycles. The van der Waals surface area contributed by atoms with Crippen LogP contribution >= 0.6 is 0 Å². The number of rotatable bonds is 3.